The first-order valence-corrected chi connectivity index (χ1v) is 4.92. The van der Waals surface area contributed by atoms with Gasteiger partial charge in [-0.05, 0) is 20.9 Å². The number of fused-ring (bicyclic) bond motifs is 1. The largest absolute Gasteiger partial charge is 0.383 e. The first-order chi connectivity index (χ1) is 6.61. The van der Waals surface area contributed by atoms with Crippen LogP contribution >= 0.6 is 0 Å². The summed E-state index contributed by atoms with van der Waals surface area (Å²) < 4.78 is 0. The van der Waals surface area contributed by atoms with Crippen molar-refractivity contribution in [2.24, 2.45) is 0 Å². The molecular formula is C10H16N4. The number of hydrogen-bond acceptors (Lipinski definition) is 4. The predicted molar refractivity (Wildman–Crippen MR) is 55.8 cm³/mol. The minimum atomic E-state index is 0.315. The zero-order chi connectivity index (χ0) is 10.3. The molecule has 2 N–H and O–H groups in total. The van der Waals surface area contributed by atoms with Crippen LogP contribution in [0.4, 0.5) is 5.82 Å². The van der Waals surface area contributed by atoms with E-state index in [1.807, 2.05) is 0 Å². The molecule has 4 heteroatoms. The Hall–Kier alpha value is -1.16. The monoisotopic (exact) mass is 192 g/mol. The van der Waals surface area contributed by atoms with Crippen LogP contribution in [-0.4, -0.2) is 28.0 Å². The second-order valence-electron chi connectivity index (χ2n) is 4.01. The number of likely N-dealkylation sites (N-methyl/N-ethyl adjacent to an activating group) is 1. The Kier molecular flexibility index (Phi) is 2.15. The van der Waals surface area contributed by atoms with Gasteiger partial charge in [-0.25, -0.2) is 9.97 Å². The minimum Gasteiger partial charge on any atom is -0.383 e. The van der Waals surface area contributed by atoms with Gasteiger partial charge in [0.05, 0.1) is 5.69 Å². The average Bonchev–Trinajstić information content (AvgIpc) is 2.14. The predicted octanol–water partition coefficient (Wildman–Crippen LogP) is 0.996. The molecule has 2 unspecified atom stereocenters. The molecular weight excluding hydrogens is 176 g/mol. The van der Waals surface area contributed by atoms with Crippen molar-refractivity contribution in [2.75, 3.05) is 12.8 Å². The van der Waals surface area contributed by atoms with Crippen molar-refractivity contribution in [1.82, 2.24) is 14.9 Å². The van der Waals surface area contributed by atoms with E-state index >= 15 is 0 Å². The Morgan fingerprint density at radius 3 is 2.86 bits per heavy atom. The molecule has 0 spiro atoms. The van der Waals surface area contributed by atoms with E-state index in [-0.39, 0.29) is 0 Å². The molecule has 1 aromatic heterocycles. The van der Waals surface area contributed by atoms with Gasteiger partial charge < -0.3 is 5.73 Å². The molecule has 0 fully saturated rings. The number of nitrogens with two attached hydrogens (primary N) is 1. The van der Waals surface area contributed by atoms with Gasteiger partial charge in [0.2, 0.25) is 0 Å². The smallest absolute Gasteiger partial charge is 0.131 e. The van der Waals surface area contributed by atoms with Crippen LogP contribution in [0.15, 0.2) is 6.33 Å². The van der Waals surface area contributed by atoms with Crippen LogP contribution in [0.5, 0.6) is 0 Å². The third kappa shape index (κ3) is 1.26. The minimum absolute atomic E-state index is 0.315. The van der Waals surface area contributed by atoms with E-state index in [1.165, 1.54) is 0 Å². The van der Waals surface area contributed by atoms with Gasteiger partial charge in [-0.2, -0.15) is 0 Å². The van der Waals surface area contributed by atoms with Crippen LogP contribution < -0.4 is 5.73 Å². The summed E-state index contributed by atoms with van der Waals surface area (Å²) in [6.45, 7) is 4.35. The molecule has 0 aliphatic carbocycles. The Morgan fingerprint density at radius 2 is 2.14 bits per heavy atom. The van der Waals surface area contributed by atoms with Gasteiger partial charge in [0.25, 0.3) is 0 Å². The lowest BCUT2D eigenvalue weighted by molar-refractivity contribution is 0.177. The zero-order valence-electron chi connectivity index (χ0n) is 8.86. The van der Waals surface area contributed by atoms with E-state index in [2.05, 4.69) is 35.8 Å². The molecule has 2 atom stereocenters. The number of aromatic nitrogens is 2. The van der Waals surface area contributed by atoms with Gasteiger partial charge in [0, 0.05) is 24.1 Å². The van der Waals surface area contributed by atoms with Crippen LogP contribution in [0, 0.1) is 0 Å². The summed E-state index contributed by atoms with van der Waals surface area (Å²) in [6, 6.07) is 0.835. The molecule has 0 bridgehead atoms. The van der Waals surface area contributed by atoms with E-state index in [0.29, 0.717) is 17.9 Å². The molecule has 1 aliphatic heterocycles. The van der Waals surface area contributed by atoms with E-state index < -0.39 is 0 Å². The van der Waals surface area contributed by atoms with Gasteiger partial charge >= 0.3 is 0 Å². The number of anilines is 1. The van der Waals surface area contributed by atoms with Crippen LogP contribution in [-0.2, 0) is 6.42 Å². The number of rotatable bonds is 0. The highest BCUT2D eigenvalue weighted by molar-refractivity contribution is 5.45. The highest BCUT2D eigenvalue weighted by Crippen LogP contribution is 2.32. The molecule has 14 heavy (non-hydrogen) atoms. The summed E-state index contributed by atoms with van der Waals surface area (Å²) >= 11 is 0. The molecule has 0 amide bonds. The number of hydrogen-bond donors (Lipinski definition) is 1. The molecule has 0 saturated carbocycles. The molecule has 2 heterocycles. The quantitative estimate of drug-likeness (QED) is 0.666. The maximum atomic E-state index is 5.86. The molecule has 1 aromatic rings. The Labute approximate surface area is 84.2 Å². The number of nitrogen functional groups attached to an aromatic ring is 1. The average molecular weight is 192 g/mol. The van der Waals surface area contributed by atoms with Crippen LogP contribution in [0.25, 0.3) is 0 Å². The summed E-state index contributed by atoms with van der Waals surface area (Å²) in [4.78, 5) is 10.6. The van der Waals surface area contributed by atoms with E-state index in [0.717, 1.165) is 17.7 Å². The zero-order valence-corrected chi connectivity index (χ0v) is 8.86. The van der Waals surface area contributed by atoms with Gasteiger partial charge in [0.1, 0.15) is 12.1 Å². The third-order valence-corrected chi connectivity index (χ3v) is 3.21. The molecule has 0 saturated heterocycles. The number of nitrogens with zero attached hydrogens (tertiary/aromatic N) is 3. The summed E-state index contributed by atoms with van der Waals surface area (Å²) in [6.07, 6.45) is 2.52. The fourth-order valence-electron chi connectivity index (χ4n) is 2.07. The maximum Gasteiger partial charge on any atom is 0.131 e. The lowest BCUT2D eigenvalue weighted by Gasteiger charge is -2.36. The highest BCUT2D eigenvalue weighted by Gasteiger charge is 2.29. The van der Waals surface area contributed by atoms with Crippen molar-refractivity contribution >= 4 is 5.82 Å². The van der Waals surface area contributed by atoms with Crippen molar-refractivity contribution in [3.63, 3.8) is 0 Å². The summed E-state index contributed by atoms with van der Waals surface area (Å²) in [5, 5.41) is 0. The molecule has 0 aromatic carbocycles. The van der Waals surface area contributed by atoms with Gasteiger partial charge in [-0.3, -0.25) is 4.90 Å². The Bertz CT molecular complexity index is 350. The normalized spacial score (nSPS) is 27.4. The topological polar surface area (TPSA) is 55.0 Å². The van der Waals surface area contributed by atoms with Gasteiger partial charge in [-0.15, -0.1) is 0 Å². The second-order valence-corrected chi connectivity index (χ2v) is 4.01. The van der Waals surface area contributed by atoms with Crippen LogP contribution in [0.2, 0.25) is 0 Å². The third-order valence-electron chi connectivity index (χ3n) is 3.21. The summed E-state index contributed by atoms with van der Waals surface area (Å²) in [7, 11) is 2.12. The first-order valence-electron chi connectivity index (χ1n) is 4.92. The Balaban J connectivity index is 2.51. The molecule has 2 rings (SSSR count). The molecule has 1 aliphatic rings. The second kappa shape index (κ2) is 3.20. The van der Waals surface area contributed by atoms with Crippen LogP contribution in [0.3, 0.4) is 0 Å². The van der Waals surface area contributed by atoms with Crippen LogP contribution in [0.1, 0.15) is 31.1 Å². The SMILES string of the molecule is CC1Cc2ncnc(N)c2C(C)N1C. The highest BCUT2D eigenvalue weighted by atomic mass is 15.2. The van der Waals surface area contributed by atoms with Crippen molar-refractivity contribution in [3.8, 4) is 0 Å². The van der Waals surface area contributed by atoms with E-state index in [4.69, 9.17) is 5.73 Å². The Morgan fingerprint density at radius 1 is 1.43 bits per heavy atom. The maximum absolute atomic E-state index is 5.86. The van der Waals surface area contributed by atoms with Crippen molar-refractivity contribution in [3.05, 3.63) is 17.6 Å². The lowest BCUT2D eigenvalue weighted by atomic mass is 9.94. The molecule has 4 nitrogen and oxygen atoms in total. The van der Waals surface area contributed by atoms with Crippen molar-refractivity contribution in [1.29, 1.82) is 0 Å². The fourth-order valence-corrected chi connectivity index (χ4v) is 2.07. The standard InChI is InChI=1S/C10H16N4/c1-6-4-8-9(7(2)14(6)3)10(11)13-5-12-8/h5-7H,4H2,1-3H3,(H2,11,12,13). The van der Waals surface area contributed by atoms with Crippen molar-refractivity contribution in [2.45, 2.75) is 32.4 Å². The summed E-state index contributed by atoms with van der Waals surface area (Å²) in [5.41, 5.74) is 8.07. The van der Waals surface area contributed by atoms with Gasteiger partial charge in [0.15, 0.2) is 0 Å². The fraction of sp³-hybridized carbons (Fsp3) is 0.600. The molecule has 0 radical (unpaired) electrons. The van der Waals surface area contributed by atoms with Gasteiger partial charge in [-0.1, -0.05) is 0 Å². The summed E-state index contributed by atoms with van der Waals surface area (Å²) in [5.74, 6) is 0.626. The van der Waals surface area contributed by atoms with E-state index in [9.17, 15) is 0 Å². The van der Waals surface area contributed by atoms with E-state index in [1.54, 1.807) is 6.33 Å². The van der Waals surface area contributed by atoms with Crippen molar-refractivity contribution < 1.29 is 0 Å². The lowest BCUT2D eigenvalue weighted by Crippen LogP contribution is -2.39. The molecule has 76 valence electrons. The first kappa shape index (κ1) is 9.40.